The van der Waals surface area contributed by atoms with Crippen LogP contribution in [0.3, 0.4) is 0 Å². The zero-order valence-electron chi connectivity index (χ0n) is 12.2. The molecule has 1 aliphatic carbocycles. The molecule has 22 heavy (non-hydrogen) atoms. The molecule has 2 aliphatic rings. The molecule has 7 nitrogen and oxygen atoms in total. The van der Waals surface area contributed by atoms with Gasteiger partial charge < -0.3 is 15.6 Å². The van der Waals surface area contributed by atoms with Crippen molar-refractivity contribution in [1.82, 2.24) is 25.3 Å². The lowest BCUT2D eigenvalue weighted by molar-refractivity contribution is 0.0940. The van der Waals surface area contributed by atoms with Gasteiger partial charge in [-0.1, -0.05) is 0 Å². The van der Waals surface area contributed by atoms with Crippen molar-refractivity contribution in [3.63, 3.8) is 0 Å². The maximum absolute atomic E-state index is 12.0. The molecule has 0 aromatic carbocycles. The van der Waals surface area contributed by atoms with Crippen molar-refractivity contribution in [3.8, 4) is 0 Å². The monoisotopic (exact) mass is 298 g/mol. The third-order valence-electron chi connectivity index (χ3n) is 4.05. The smallest absolute Gasteiger partial charge is 0.270 e. The number of rotatable bonds is 5. The summed E-state index contributed by atoms with van der Waals surface area (Å²) in [5, 5.41) is 6.22. The Morgan fingerprint density at radius 1 is 1.32 bits per heavy atom. The van der Waals surface area contributed by atoms with Crippen molar-refractivity contribution in [2.45, 2.75) is 31.6 Å². The fraction of sp³-hybridized carbons (Fsp3) is 0.467. The number of hydrogen-bond acceptors (Lipinski definition) is 5. The van der Waals surface area contributed by atoms with E-state index in [2.05, 4.69) is 30.6 Å². The lowest BCUT2D eigenvalue weighted by Gasteiger charge is -2.20. The summed E-state index contributed by atoms with van der Waals surface area (Å²) < 4.78 is 0. The number of fused-ring (bicyclic) bond motifs is 1. The second-order valence-corrected chi connectivity index (χ2v) is 5.75. The first-order valence-electron chi connectivity index (χ1n) is 7.72. The summed E-state index contributed by atoms with van der Waals surface area (Å²) >= 11 is 0. The lowest BCUT2D eigenvalue weighted by atomic mass is 10.1. The normalized spacial score (nSPS) is 17.0. The number of H-pyrrole nitrogens is 1. The van der Waals surface area contributed by atoms with Gasteiger partial charge in [-0.15, -0.1) is 0 Å². The maximum atomic E-state index is 12.0. The number of anilines is 1. The zero-order valence-corrected chi connectivity index (χ0v) is 12.2. The maximum Gasteiger partial charge on any atom is 0.270 e. The molecule has 1 saturated carbocycles. The second-order valence-electron chi connectivity index (χ2n) is 5.75. The third-order valence-corrected chi connectivity index (χ3v) is 4.05. The molecule has 1 fully saturated rings. The van der Waals surface area contributed by atoms with Crippen LogP contribution in [0.2, 0.25) is 0 Å². The van der Waals surface area contributed by atoms with Crippen LogP contribution in [-0.2, 0) is 12.8 Å². The molecular formula is C15H18N6O. The first kappa shape index (κ1) is 13.2. The van der Waals surface area contributed by atoms with E-state index in [1.807, 2.05) is 6.20 Å². The van der Waals surface area contributed by atoms with Crippen molar-refractivity contribution >= 4 is 11.7 Å². The minimum absolute atomic E-state index is 0.0837. The number of amides is 1. The summed E-state index contributed by atoms with van der Waals surface area (Å²) in [7, 11) is 0. The summed E-state index contributed by atoms with van der Waals surface area (Å²) in [5.74, 6) is 2.89. The van der Waals surface area contributed by atoms with E-state index in [-0.39, 0.29) is 5.91 Å². The molecule has 2 aromatic heterocycles. The zero-order chi connectivity index (χ0) is 14.9. The predicted octanol–water partition coefficient (Wildman–Crippen LogP) is 1.02. The average molecular weight is 298 g/mol. The van der Waals surface area contributed by atoms with Gasteiger partial charge in [-0.25, -0.2) is 15.0 Å². The van der Waals surface area contributed by atoms with Crippen molar-refractivity contribution in [2.24, 2.45) is 0 Å². The topological polar surface area (TPSA) is 95.6 Å². The molecule has 0 atom stereocenters. The van der Waals surface area contributed by atoms with Gasteiger partial charge in [0, 0.05) is 43.4 Å². The highest BCUT2D eigenvalue weighted by molar-refractivity contribution is 5.96. The van der Waals surface area contributed by atoms with Crippen LogP contribution in [0.25, 0.3) is 0 Å². The molecule has 1 amide bonds. The van der Waals surface area contributed by atoms with E-state index in [1.54, 1.807) is 6.20 Å². The molecule has 0 unspecified atom stereocenters. The number of imidazole rings is 1. The van der Waals surface area contributed by atoms with E-state index in [9.17, 15) is 4.79 Å². The summed E-state index contributed by atoms with van der Waals surface area (Å²) in [6, 6.07) is 0. The minimum Gasteiger partial charge on any atom is -0.369 e. The Morgan fingerprint density at radius 2 is 2.23 bits per heavy atom. The SMILES string of the molecule is O=C1NCCc2c(NCCc3ncc[nH]3)nc(C3CC3)nc21. The van der Waals surface area contributed by atoms with Crippen molar-refractivity contribution in [3.05, 3.63) is 35.3 Å². The Hall–Kier alpha value is -2.44. The largest absolute Gasteiger partial charge is 0.369 e. The summed E-state index contributed by atoms with van der Waals surface area (Å²) in [5.41, 5.74) is 1.48. The number of aromatic amines is 1. The van der Waals surface area contributed by atoms with Gasteiger partial charge in [0.05, 0.1) is 0 Å². The molecular weight excluding hydrogens is 280 g/mol. The second kappa shape index (κ2) is 5.40. The van der Waals surface area contributed by atoms with Crippen LogP contribution in [0.4, 0.5) is 5.82 Å². The van der Waals surface area contributed by atoms with Crippen LogP contribution in [0.1, 0.15) is 46.5 Å². The average Bonchev–Trinajstić information content (AvgIpc) is 3.25. The highest BCUT2D eigenvalue weighted by atomic mass is 16.1. The van der Waals surface area contributed by atoms with Crippen molar-refractivity contribution in [1.29, 1.82) is 0 Å². The van der Waals surface area contributed by atoms with E-state index in [0.717, 1.165) is 55.3 Å². The molecule has 0 spiro atoms. The van der Waals surface area contributed by atoms with Gasteiger partial charge in [0.25, 0.3) is 5.91 Å². The van der Waals surface area contributed by atoms with Gasteiger partial charge in [0.15, 0.2) is 0 Å². The fourth-order valence-corrected chi connectivity index (χ4v) is 2.71. The van der Waals surface area contributed by atoms with Gasteiger partial charge in [0.1, 0.15) is 23.2 Å². The van der Waals surface area contributed by atoms with Gasteiger partial charge in [0.2, 0.25) is 0 Å². The number of nitrogens with zero attached hydrogens (tertiary/aromatic N) is 3. The first-order chi connectivity index (χ1) is 10.8. The van der Waals surface area contributed by atoms with Crippen LogP contribution in [0, 0.1) is 0 Å². The highest BCUT2D eigenvalue weighted by Crippen LogP contribution is 2.39. The summed E-state index contributed by atoms with van der Waals surface area (Å²) in [6.45, 7) is 1.37. The lowest BCUT2D eigenvalue weighted by Crippen LogP contribution is -2.34. The Kier molecular flexibility index (Phi) is 3.25. The van der Waals surface area contributed by atoms with Crippen LogP contribution in [-0.4, -0.2) is 38.9 Å². The number of carbonyl (C=O) groups is 1. The van der Waals surface area contributed by atoms with Crippen LogP contribution >= 0.6 is 0 Å². The Balaban J connectivity index is 1.57. The molecule has 0 saturated heterocycles. The van der Waals surface area contributed by atoms with E-state index in [0.29, 0.717) is 18.2 Å². The van der Waals surface area contributed by atoms with E-state index >= 15 is 0 Å². The van der Waals surface area contributed by atoms with Crippen molar-refractivity contribution < 1.29 is 4.79 Å². The standard InChI is InChI=1S/C15H18N6O/c22-15-12-10(3-5-19-15)14(21-13(20-12)9-1-2-9)18-6-4-11-16-7-8-17-11/h7-9H,1-6H2,(H,16,17)(H,19,22)(H,18,20,21). The van der Waals surface area contributed by atoms with Gasteiger partial charge in [-0.05, 0) is 19.3 Å². The summed E-state index contributed by atoms with van der Waals surface area (Å²) in [4.78, 5) is 28.5. The first-order valence-corrected chi connectivity index (χ1v) is 7.72. The van der Waals surface area contributed by atoms with Crippen molar-refractivity contribution in [2.75, 3.05) is 18.4 Å². The predicted molar refractivity (Wildman–Crippen MR) is 80.8 cm³/mol. The molecule has 1 aliphatic heterocycles. The third kappa shape index (κ3) is 2.54. The molecule has 3 N–H and O–H groups in total. The van der Waals surface area contributed by atoms with E-state index in [1.165, 1.54) is 0 Å². The number of aromatic nitrogens is 4. The van der Waals surface area contributed by atoms with Crippen LogP contribution in [0.15, 0.2) is 12.4 Å². The van der Waals surface area contributed by atoms with E-state index < -0.39 is 0 Å². The number of hydrogen-bond donors (Lipinski definition) is 3. The Bertz CT molecular complexity index is 692. The number of nitrogens with one attached hydrogen (secondary N) is 3. The molecule has 0 bridgehead atoms. The van der Waals surface area contributed by atoms with Gasteiger partial charge in [-0.2, -0.15) is 0 Å². The molecule has 4 rings (SSSR count). The van der Waals surface area contributed by atoms with Gasteiger partial charge in [-0.3, -0.25) is 4.79 Å². The van der Waals surface area contributed by atoms with Gasteiger partial charge >= 0.3 is 0 Å². The quantitative estimate of drug-likeness (QED) is 0.766. The summed E-state index contributed by atoms with van der Waals surface area (Å²) in [6.07, 6.45) is 7.36. The van der Waals surface area contributed by atoms with E-state index in [4.69, 9.17) is 0 Å². The minimum atomic E-state index is -0.0837. The molecule has 114 valence electrons. The Morgan fingerprint density at radius 3 is 3.00 bits per heavy atom. The molecule has 7 heteroatoms. The molecule has 3 heterocycles. The molecule has 0 radical (unpaired) electrons. The molecule has 2 aromatic rings. The highest BCUT2D eigenvalue weighted by Gasteiger charge is 2.31. The Labute approximate surface area is 128 Å². The van der Waals surface area contributed by atoms with Crippen LogP contribution < -0.4 is 10.6 Å². The number of carbonyl (C=O) groups excluding carboxylic acids is 1. The van der Waals surface area contributed by atoms with Crippen LogP contribution in [0.5, 0.6) is 0 Å². The fourth-order valence-electron chi connectivity index (χ4n) is 2.71.